The van der Waals surface area contributed by atoms with E-state index in [0.29, 0.717) is 12.0 Å². The van der Waals surface area contributed by atoms with Crippen molar-refractivity contribution in [1.29, 1.82) is 0 Å². The molecule has 0 spiro atoms. The van der Waals surface area contributed by atoms with Gasteiger partial charge in [0.2, 0.25) is 5.95 Å². The van der Waals surface area contributed by atoms with Gasteiger partial charge in [-0.05, 0) is 37.6 Å². The first-order valence-electron chi connectivity index (χ1n) is 7.22. The Labute approximate surface area is 107 Å². The van der Waals surface area contributed by atoms with E-state index < -0.39 is 0 Å². The number of aromatic amines is 1. The summed E-state index contributed by atoms with van der Waals surface area (Å²) >= 11 is 0. The molecule has 2 saturated heterocycles. The minimum atomic E-state index is 0.634. The second kappa shape index (κ2) is 3.95. The number of nitrogens with one attached hydrogen (secondary N) is 2. The molecule has 5 nitrogen and oxygen atoms in total. The average molecular weight is 247 g/mol. The lowest BCUT2D eigenvalue weighted by atomic mass is 9.94. The molecule has 1 saturated carbocycles. The summed E-state index contributed by atoms with van der Waals surface area (Å²) in [7, 11) is 0. The molecule has 1 aliphatic carbocycles. The van der Waals surface area contributed by atoms with Crippen LogP contribution in [0.25, 0.3) is 0 Å². The third-order valence-corrected chi connectivity index (χ3v) is 4.83. The highest BCUT2D eigenvalue weighted by atomic mass is 15.4. The minimum absolute atomic E-state index is 0.634. The Morgan fingerprint density at radius 2 is 2.22 bits per heavy atom. The van der Waals surface area contributed by atoms with Gasteiger partial charge in [-0.3, -0.25) is 5.10 Å². The Balaban J connectivity index is 1.48. The molecule has 0 aromatic carbocycles. The third kappa shape index (κ3) is 1.72. The number of anilines is 1. The molecule has 2 aliphatic heterocycles. The number of H-pyrrole nitrogens is 1. The molecule has 1 aromatic rings. The quantitative estimate of drug-likeness (QED) is 0.822. The normalized spacial score (nSPS) is 38.8. The first kappa shape index (κ1) is 10.8. The van der Waals surface area contributed by atoms with Gasteiger partial charge >= 0.3 is 0 Å². The lowest BCUT2D eigenvalue weighted by molar-refractivity contribution is 0.340. The van der Waals surface area contributed by atoms with Crippen LogP contribution in [-0.4, -0.2) is 40.9 Å². The number of piperidine rings is 1. The topological polar surface area (TPSA) is 56.8 Å². The van der Waals surface area contributed by atoms with Crippen LogP contribution in [0.3, 0.4) is 0 Å². The maximum Gasteiger partial charge on any atom is 0.244 e. The van der Waals surface area contributed by atoms with E-state index in [1.54, 1.807) is 0 Å². The van der Waals surface area contributed by atoms with Crippen molar-refractivity contribution in [3.8, 4) is 0 Å². The van der Waals surface area contributed by atoms with Gasteiger partial charge < -0.3 is 10.2 Å². The summed E-state index contributed by atoms with van der Waals surface area (Å²) in [6, 6.07) is 0.653. The van der Waals surface area contributed by atoms with Gasteiger partial charge in [-0.25, -0.2) is 0 Å². The van der Waals surface area contributed by atoms with Crippen molar-refractivity contribution >= 4 is 5.95 Å². The van der Waals surface area contributed by atoms with Crippen molar-refractivity contribution in [3.05, 3.63) is 5.82 Å². The van der Waals surface area contributed by atoms with Crippen LogP contribution >= 0.6 is 0 Å². The first-order valence-corrected chi connectivity index (χ1v) is 7.22. The fraction of sp³-hybridized carbons (Fsp3) is 0.846. The van der Waals surface area contributed by atoms with Gasteiger partial charge in [0.1, 0.15) is 5.82 Å². The fourth-order valence-corrected chi connectivity index (χ4v) is 3.49. The lowest BCUT2D eigenvalue weighted by Crippen LogP contribution is -2.40. The monoisotopic (exact) mass is 247 g/mol. The van der Waals surface area contributed by atoms with Gasteiger partial charge in [-0.2, -0.15) is 4.98 Å². The smallest absolute Gasteiger partial charge is 0.244 e. The van der Waals surface area contributed by atoms with Gasteiger partial charge in [0.25, 0.3) is 0 Å². The molecule has 4 rings (SSSR count). The van der Waals surface area contributed by atoms with Crippen LogP contribution in [0.4, 0.5) is 5.95 Å². The molecule has 4 atom stereocenters. The number of fused-ring (bicyclic) bond motifs is 1. The Morgan fingerprint density at radius 1 is 1.33 bits per heavy atom. The van der Waals surface area contributed by atoms with Crippen molar-refractivity contribution in [2.45, 2.75) is 38.1 Å². The summed E-state index contributed by atoms with van der Waals surface area (Å²) in [5, 5.41) is 11.2. The van der Waals surface area contributed by atoms with Crippen LogP contribution in [-0.2, 0) is 0 Å². The van der Waals surface area contributed by atoms with Crippen molar-refractivity contribution in [3.63, 3.8) is 0 Å². The van der Waals surface area contributed by atoms with E-state index in [-0.39, 0.29) is 0 Å². The molecule has 4 unspecified atom stereocenters. The minimum Gasteiger partial charge on any atom is -0.338 e. The Hall–Kier alpha value is -1.10. The fourth-order valence-electron chi connectivity index (χ4n) is 3.49. The van der Waals surface area contributed by atoms with Gasteiger partial charge in [0.05, 0.1) is 0 Å². The highest BCUT2D eigenvalue weighted by Gasteiger charge is 2.39. The van der Waals surface area contributed by atoms with Crippen LogP contribution in [0.2, 0.25) is 0 Å². The second-order valence-electron chi connectivity index (χ2n) is 6.21. The molecule has 0 amide bonds. The Kier molecular flexibility index (Phi) is 2.37. The van der Waals surface area contributed by atoms with E-state index in [1.807, 2.05) is 0 Å². The number of aromatic nitrogens is 3. The van der Waals surface area contributed by atoms with E-state index >= 15 is 0 Å². The van der Waals surface area contributed by atoms with Gasteiger partial charge in [-0.1, -0.05) is 6.92 Å². The van der Waals surface area contributed by atoms with Crippen LogP contribution in [0.15, 0.2) is 0 Å². The van der Waals surface area contributed by atoms with E-state index in [4.69, 9.17) is 4.98 Å². The van der Waals surface area contributed by atoms with Crippen LogP contribution < -0.4 is 10.2 Å². The zero-order valence-electron chi connectivity index (χ0n) is 10.9. The molecule has 1 aromatic heterocycles. The summed E-state index contributed by atoms with van der Waals surface area (Å²) in [6.45, 7) is 5.65. The molecule has 2 N–H and O–H groups in total. The number of nitrogens with zero attached hydrogens (tertiary/aromatic N) is 3. The van der Waals surface area contributed by atoms with E-state index in [1.165, 1.54) is 25.8 Å². The van der Waals surface area contributed by atoms with E-state index in [9.17, 15) is 0 Å². The zero-order chi connectivity index (χ0) is 12.1. The maximum atomic E-state index is 4.69. The van der Waals surface area contributed by atoms with Crippen molar-refractivity contribution in [2.75, 3.05) is 24.5 Å². The van der Waals surface area contributed by atoms with Gasteiger partial charge in [0, 0.05) is 25.0 Å². The maximum absolute atomic E-state index is 4.69. The lowest BCUT2D eigenvalue weighted by Gasteiger charge is -2.24. The second-order valence-corrected chi connectivity index (χ2v) is 6.21. The van der Waals surface area contributed by atoms with E-state index in [0.717, 1.165) is 36.7 Å². The summed E-state index contributed by atoms with van der Waals surface area (Å²) in [5.41, 5.74) is 0. The average Bonchev–Trinajstić information content (AvgIpc) is 2.87. The molecule has 3 fully saturated rings. The number of hydrogen-bond donors (Lipinski definition) is 2. The van der Waals surface area contributed by atoms with Gasteiger partial charge in [0.15, 0.2) is 0 Å². The number of hydrogen-bond acceptors (Lipinski definition) is 4. The highest BCUT2D eigenvalue weighted by molar-refractivity contribution is 5.33. The van der Waals surface area contributed by atoms with Crippen LogP contribution in [0, 0.1) is 11.8 Å². The van der Waals surface area contributed by atoms with Crippen molar-refractivity contribution in [1.82, 2.24) is 20.5 Å². The molecule has 18 heavy (non-hydrogen) atoms. The molecule has 5 heteroatoms. The van der Waals surface area contributed by atoms with Gasteiger partial charge in [-0.15, -0.1) is 5.10 Å². The molecular weight excluding hydrogens is 226 g/mol. The summed E-state index contributed by atoms with van der Waals surface area (Å²) < 4.78 is 0. The van der Waals surface area contributed by atoms with Crippen LogP contribution in [0.5, 0.6) is 0 Å². The predicted molar refractivity (Wildman–Crippen MR) is 69.6 cm³/mol. The zero-order valence-corrected chi connectivity index (χ0v) is 10.9. The van der Waals surface area contributed by atoms with Crippen molar-refractivity contribution < 1.29 is 0 Å². The first-order chi connectivity index (χ1) is 8.81. The third-order valence-electron chi connectivity index (χ3n) is 4.83. The summed E-state index contributed by atoms with van der Waals surface area (Å²) in [4.78, 5) is 7.04. The van der Waals surface area contributed by atoms with Crippen LogP contribution in [0.1, 0.15) is 37.9 Å². The predicted octanol–water partition coefficient (Wildman–Crippen LogP) is 1.12. The largest absolute Gasteiger partial charge is 0.338 e. The van der Waals surface area contributed by atoms with E-state index in [2.05, 4.69) is 27.3 Å². The SMILES string of the molecule is CC1CC1c1nc(N2CC3CCCNC3C2)n[nH]1. The molecule has 0 bridgehead atoms. The Morgan fingerprint density at radius 3 is 3.00 bits per heavy atom. The molecule has 3 aliphatic rings. The standard InChI is InChI=1S/C13H21N5/c1-8-5-10(8)12-15-13(17-16-12)18-6-9-3-2-4-14-11(9)7-18/h8-11,14H,2-7H2,1H3,(H,15,16,17). The molecule has 98 valence electrons. The summed E-state index contributed by atoms with van der Waals surface area (Å²) in [5.74, 6) is 4.23. The summed E-state index contributed by atoms with van der Waals surface area (Å²) in [6.07, 6.45) is 3.93. The highest BCUT2D eigenvalue weighted by Crippen LogP contribution is 2.45. The Bertz CT molecular complexity index is 428. The molecule has 3 heterocycles. The molecular formula is C13H21N5. The molecule has 0 radical (unpaired) electrons. The number of rotatable bonds is 2. The van der Waals surface area contributed by atoms with Crippen molar-refractivity contribution in [2.24, 2.45) is 11.8 Å².